The number of carbonyl (C=O) groups excluding carboxylic acids is 1. The fraction of sp³-hybridized carbons (Fsp3) is 0.500. The first-order valence-electron chi connectivity index (χ1n) is 6.12. The smallest absolute Gasteiger partial charge is 0.309 e. The average molecular weight is 234 g/mol. The maximum absolute atomic E-state index is 11.5. The number of ether oxygens (including phenoxy) is 1. The molecular formula is C14H18O3. The molecule has 0 heterocycles. The van der Waals surface area contributed by atoms with Crippen LogP contribution in [0.3, 0.4) is 0 Å². The predicted octanol–water partition coefficient (Wildman–Crippen LogP) is 1.89. The number of esters is 1. The van der Waals surface area contributed by atoms with E-state index in [-0.39, 0.29) is 18.5 Å². The quantitative estimate of drug-likeness (QED) is 0.791. The highest BCUT2D eigenvalue weighted by Crippen LogP contribution is 2.48. The summed E-state index contributed by atoms with van der Waals surface area (Å²) >= 11 is 0. The van der Waals surface area contributed by atoms with Crippen LogP contribution in [0.4, 0.5) is 0 Å². The van der Waals surface area contributed by atoms with Crippen LogP contribution in [0.1, 0.15) is 30.4 Å². The van der Waals surface area contributed by atoms with Gasteiger partial charge in [-0.05, 0) is 36.8 Å². The molecule has 3 nitrogen and oxygen atoms in total. The summed E-state index contributed by atoms with van der Waals surface area (Å²) in [4.78, 5) is 11.5. The van der Waals surface area contributed by atoms with Gasteiger partial charge in [0.2, 0.25) is 0 Å². The van der Waals surface area contributed by atoms with Crippen LogP contribution in [0, 0.1) is 5.92 Å². The number of carbonyl (C=O) groups is 1. The van der Waals surface area contributed by atoms with Gasteiger partial charge in [0.25, 0.3) is 0 Å². The summed E-state index contributed by atoms with van der Waals surface area (Å²) in [5.41, 5.74) is 2.33. The lowest BCUT2D eigenvalue weighted by Crippen LogP contribution is -2.07. The van der Waals surface area contributed by atoms with Gasteiger partial charge in [-0.15, -0.1) is 0 Å². The summed E-state index contributed by atoms with van der Waals surface area (Å²) in [5.74, 6) is 0.313. The Morgan fingerprint density at radius 1 is 1.41 bits per heavy atom. The minimum Gasteiger partial charge on any atom is -0.466 e. The number of hydrogen-bond acceptors (Lipinski definition) is 3. The molecule has 0 radical (unpaired) electrons. The number of hydrogen-bond donors (Lipinski definition) is 1. The molecule has 0 bridgehead atoms. The maximum Gasteiger partial charge on any atom is 0.309 e. The molecule has 2 atom stereocenters. The molecule has 1 fully saturated rings. The van der Waals surface area contributed by atoms with Gasteiger partial charge in [-0.2, -0.15) is 0 Å². The van der Waals surface area contributed by atoms with E-state index in [1.807, 2.05) is 19.1 Å². The summed E-state index contributed by atoms with van der Waals surface area (Å²) in [6, 6.07) is 8.14. The Labute approximate surface area is 101 Å². The Kier molecular flexibility index (Phi) is 3.79. The Morgan fingerprint density at radius 3 is 2.71 bits per heavy atom. The third kappa shape index (κ3) is 2.86. The molecule has 0 saturated heterocycles. The maximum atomic E-state index is 11.5. The van der Waals surface area contributed by atoms with Crippen LogP contribution in [-0.2, 0) is 16.0 Å². The normalized spacial score (nSPS) is 22.2. The molecule has 0 aromatic heterocycles. The molecule has 17 heavy (non-hydrogen) atoms. The Balaban J connectivity index is 1.94. The van der Waals surface area contributed by atoms with Crippen molar-refractivity contribution in [1.82, 2.24) is 0 Å². The lowest BCUT2D eigenvalue weighted by Gasteiger charge is -2.03. The highest BCUT2D eigenvalue weighted by atomic mass is 16.5. The van der Waals surface area contributed by atoms with Crippen LogP contribution < -0.4 is 0 Å². The van der Waals surface area contributed by atoms with Crippen molar-refractivity contribution in [3.63, 3.8) is 0 Å². The van der Waals surface area contributed by atoms with Gasteiger partial charge in [0.15, 0.2) is 0 Å². The molecule has 0 amide bonds. The summed E-state index contributed by atoms with van der Waals surface area (Å²) in [6.45, 7) is 2.46. The van der Waals surface area contributed by atoms with Crippen LogP contribution in [0.15, 0.2) is 24.3 Å². The summed E-state index contributed by atoms with van der Waals surface area (Å²) in [6.07, 6.45) is 1.59. The standard InChI is InChI=1S/C14H18O3/c1-2-17-14(16)13-9-12(13)11-5-3-10(4-6-11)7-8-15/h3-6,12-13,15H,2,7-9H2,1H3. The molecular weight excluding hydrogens is 216 g/mol. The molecule has 1 aliphatic rings. The highest BCUT2D eigenvalue weighted by molar-refractivity contribution is 5.77. The minimum atomic E-state index is -0.0723. The molecule has 3 heteroatoms. The van der Waals surface area contributed by atoms with Crippen LogP contribution in [0.5, 0.6) is 0 Å². The van der Waals surface area contributed by atoms with Crippen LogP contribution >= 0.6 is 0 Å². The first-order chi connectivity index (χ1) is 8.26. The van der Waals surface area contributed by atoms with Crippen LogP contribution in [0.2, 0.25) is 0 Å². The third-order valence-electron chi connectivity index (χ3n) is 3.19. The van der Waals surface area contributed by atoms with E-state index in [2.05, 4.69) is 12.1 Å². The van der Waals surface area contributed by atoms with Gasteiger partial charge in [-0.25, -0.2) is 0 Å². The Morgan fingerprint density at radius 2 is 2.12 bits per heavy atom. The van der Waals surface area contributed by atoms with E-state index in [0.717, 1.165) is 12.0 Å². The predicted molar refractivity (Wildman–Crippen MR) is 64.7 cm³/mol. The van der Waals surface area contributed by atoms with Crippen molar-refractivity contribution < 1.29 is 14.6 Å². The topological polar surface area (TPSA) is 46.5 Å². The molecule has 1 N–H and O–H groups in total. The number of benzene rings is 1. The molecule has 1 aromatic rings. The second-order valence-corrected chi connectivity index (χ2v) is 4.42. The molecule has 2 rings (SSSR count). The second kappa shape index (κ2) is 5.32. The number of aliphatic hydroxyl groups excluding tert-OH is 1. The van der Waals surface area contributed by atoms with E-state index in [4.69, 9.17) is 9.84 Å². The molecule has 1 aliphatic carbocycles. The zero-order chi connectivity index (χ0) is 12.3. The summed E-state index contributed by atoms with van der Waals surface area (Å²) < 4.78 is 5.01. The molecule has 1 aromatic carbocycles. The van der Waals surface area contributed by atoms with E-state index >= 15 is 0 Å². The molecule has 1 saturated carbocycles. The zero-order valence-corrected chi connectivity index (χ0v) is 10.1. The van der Waals surface area contributed by atoms with Crippen molar-refractivity contribution in [2.75, 3.05) is 13.2 Å². The first kappa shape index (κ1) is 12.1. The van der Waals surface area contributed by atoms with Gasteiger partial charge < -0.3 is 9.84 Å². The summed E-state index contributed by atoms with van der Waals surface area (Å²) in [5, 5.41) is 8.82. The van der Waals surface area contributed by atoms with Gasteiger partial charge in [0.05, 0.1) is 12.5 Å². The minimum absolute atomic E-state index is 0.0543. The fourth-order valence-corrected chi connectivity index (χ4v) is 2.13. The fourth-order valence-electron chi connectivity index (χ4n) is 2.13. The van der Waals surface area contributed by atoms with Crippen molar-refractivity contribution in [3.05, 3.63) is 35.4 Å². The first-order valence-corrected chi connectivity index (χ1v) is 6.12. The van der Waals surface area contributed by atoms with Crippen LogP contribution in [0.25, 0.3) is 0 Å². The Hall–Kier alpha value is -1.35. The Bertz CT molecular complexity index is 383. The zero-order valence-electron chi connectivity index (χ0n) is 10.1. The van der Waals surface area contributed by atoms with Gasteiger partial charge in [0, 0.05) is 6.61 Å². The van der Waals surface area contributed by atoms with Gasteiger partial charge >= 0.3 is 5.97 Å². The lowest BCUT2D eigenvalue weighted by atomic mass is 10.1. The van der Waals surface area contributed by atoms with E-state index < -0.39 is 0 Å². The van der Waals surface area contributed by atoms with Crippen molar-refractivity contribution in [3.8, 4) is 0 Å². The molecule has 0 spiro atoms. The van der Waals surface area contributed by atoms with Crippen molar-refractivity contribution >= 4 is 5.97 Å². The van der Waals surface area contributed by atoms with E-state index in [0.29, 0.717) is 18.9 Å². The number of aliphatic hydroxyl groups is 1. The van der Waals surface area contributed by atoms with Gasteiger partial charge in [-0.1, -0.05) is 24.3 Å². The van der Waals surface area contributed by atoms with Crippen LogP contribution in [-0.4, -0.2) is 24.3 Å². The average Bonchev–Trinajstić information content (AvgIpc) is 3.11. The SMILES string of the molecule is CCOC(=O)C1CC1c1ccc(CCO)cc1. The largest absolute Gasteiger partial charge is 0.466 e. The lowest BCUT2D eigenvalue weighted by molar-refractivity contribution is -0.144. The molecule has 92 valence electrons. The molecule has 0 aliphatic heterocycles. The summed E-state index contributed by atoms with van der Waals surface area (Å²) in [7, 11) is 0. The van der Waals surface area contributed by atoms with Gasteiger partial charge in [0.1, 0.15) is 0 Å². The van der Waals surface area contributed by atoms with Crippen molar-refractivity contribution in [1.29, 1.82) is 0 Å². The van der Waals surface area contributed by atoms with Crippen molar-refractivity contribution in [2.45, 2.75) is 25.7 Å². The number of rotatable bonds is 5. The van der Waals surface area contributed by atoms with Crippen molar-refractivity contribution in [2.24, 2.45) is 5.92 Å². The second-order valence-electron chi connectivity index (χ2n) is 4.42. The van der Waals surface area contributed by atoms with E-state index in [9.17, 15) is 4.79 Å². The monoisotopic (exact) mass is 234 g/mol. The third-order valence-corrected chi connectivity index (χ3v) is 3.19. The van der Waals surface area contributed by atoms with E-state index in [1.165, 1.54) is 5.56 Å². The van der Waals surface area contributed by atoms with Gasteiger partial charge in [-0.3, -0.25) is 4.79 Å². The highest BCUT2D eigenvalue weighted by Gasteiger charge is 2.44. The van der Waals surface area contributed by atoms with E-state index in [1.54, 1.807) is 0 Å². The molecule has 2 unspecified atom stereocenters.